The highest BCUT2D eigenvalue weighted by molar-refractivity contribution is 6.02. The SMILES string of the molecule is COc1cccc(NC(=O)Nc2cnc(N3CCCCC3)nc2N(C)C)c1OC. The van der Waals surface area contributed by atoms with Crippen LogP contribution in [0.15, 0.2) is 24.4 Å². The summed E-state index contributed by atoms with van der Waals surface area (Å²) in [6, 6.07) is 4.86. The summed E-state index contributed by atoms with van der Waals surface area (Å²) in [7, 11) is 6.84. The minimum absolute atomic E-state index is 0.422. The van der Waals surface area contributed by atoms with Crippen LogP contribution in [0.2, 0.25) is 0 Å². The molecule has 0 saturated carbocycles. The second kappa shape index (κ2) is 9.31. The summed E-state index contributed by atoms with van der Waals surface area (Å²) in [5, 5.41) is 5.62. The number of para-hydroxylation sites is 1. The van der Waals surface area contributed by atoms with Gasteiger partial charge in [0.1, 0.15) is 5.69 Å². The molecule has 1 saturated heterocycles. The number of carbonyl (C=O) groups excluding carboxylic acids is 1. The van der Waals surface area contributed by atoms with Crippen molar-refractivity contribution in [3.05, 3.63) is 24.4 Å². The molecule has 9 heteroatoms. The van der Waals surface area contributed by atoms with Crippen molar-refractivity contribution in [2.24, 2.45) is 0 Å². The highest BCUT2D eigenvalue weighted by atomic mass is 16.5. The third-order valence-electron chi connectivity index (χ3n) is 4.72. The van der Waals surface area contributed by atoms with Crippen LogP contribution in [-0.2, 0) is 0 Å². The third kappa shape index (κ3) is 4.79. The zero-order valence-corrected chi connectivity index (χ0v) is 17.4. The Morgan fingerprint density at radius 1 is 1.07 bits per heavy atom. The van der Waals surface area contributed by atoms with E-state index < -0.39 is 6.03 Å². The van der Waals surface area contributed by atoms with Crippen LogP contribution in [0.25, 0.3) is 0 Å². The normalized spacial score (nSPS) is 13.6. The van der Waals surface area contributed by atoms with Crippen LogP contribution in [0.4, 0.5) is 27.9 Å². The van der Waals surface area contributed by atoms with Crippen LogP contribution in [0.5, 0.6) is 11.5 Å². The second-order valence-electron chi connectivity index (χ2n) is 6.97. The summed E-state index contributed by atoms with van der Waals surface area (Å²) < 4.78 is 10.6. The van der Waals surface area contributed by atoms with Gasteiger partial charge in [-0.25, -0.2) is 9.78 Å². The van der Waals surface area contributed by atoms with E-state index in [9.17, 15) is 4.79 Å². The fourth-order valence-electron chi connectivity index (χ4n) is 3.30. The number of urea groups is 1. The number of aromatic nitrogens is 2. The summed E-state index contributed by atoms with van der Waals surface area (Å²) in [6.07, 6.45) is 5.18. The van der Waals surface area contributed by atoms with E-state index in [-0.39, 0.29) is 0 Å². The number of ether oxygens (including phenoxy) is 2. The Bertz CT molecular complexity index is 852. The zero-order valence-electron chi connectivity index (χ0n) is 17.4. The Morgan fingerprint density at radius 2 is 1.79 bits per heavy atom. The zero-order chi connectivity index (χ0) is 20.8. The molecule has 1 aliphatic rings. The van der Waals surface area contributed by atoms with Crippen LogP contribution in [-0.4, -0.2) is 57.4 Å². The predicted octanol–water partition coefficient (Wildman–Crippen LogP) is 3.19. The maximum Gasteiger partial charge on any atom is 0.323 e. The first kappa shape index (κ1) is 20.5. The summed E-state index contributed by atoms with van der Waals surface area (Å²) in [5.74, 6) is 2.32. The van der Waals surface area contributed by atoms with Gasteiger partial charge in [-0.15, -0.1) is 0 Å². The average Bonchev–Trinajstić information content (AvgIpc) is 2.74. The second-order valence-corrected chi connectivity index (χ2v) is 6.97. The molecule has 2 aromatic rings. The predicted molar refractivity (Wildman–Crippen MR) is 115 cm³/mol. The van der Waals surface area contributed by atoms with Crippen LogP contribution in [0, 0.1) is 0 Å². The lowest BCUT2D eigenvalue weighted by atomic mass is 10.1. The molecule has 0 spiro atoms. The lowest BCUT2D eigenvalue weighted by Crippen LogP contribution is -2.31. The maximum atomic E-state index is 12.6. The van der Waals surface area contributed by atoms with Gasteiger partial charge in [-0.1, -0.05) is 6.07 Å². The number of amides is 2. The standard InChI is InChI=1S/C20H28N6O3/c1-25(2)18-15(13-21-19(24-18)26-11-6-5-7-12-26)23-20(27)22-14-9-8-10-16(28-3)17(14)29-4/h8-10,13H,5-7,11-12H2,1-4H3,(H2,22,23,27). The molecule has 2 N–H and O–H groups in total. The molecule has 1 fully saturated rings. The summed E-state index contributed by atoms with van der Waals surface area (Å²) in [4.78, 5) is 25.8. The number of methoxy groups -OCH3 is 2. The van der Waals surface area contributed by atoms with E-state index >= 15 is 0 Å². The number of rotatable bonds is 6. The van der Waals surface area contributed by atoms with Gasteiger partial charge in [0.15, 0.2) is 17.3 Å². The van der Waals surface area contributed by atoms with Crippen LogP contribution < -0.4 is 29.9 Å². The van der Waals surface area contributed by atoms with E-state index in [0.29, 0.717) is 34.6 Å². The molecular weight excluding hydrogens is 372 g/mol. The minimum Gasteiger partial charge on any atom is -0.493 e. The topological polar surface area (TPSA) is 91.8 Å². The third-order valence-corrected chi connectivity index (χ3v) is 4.72. The Hall–Kier alpha value is -3.23. The smallest absolute Gasteiger partial charge is 0.323 e. The lowest BCUT2D eigenvalue weighted by molar-refractivity contribution is 0.262. The van der Waals surface area contributed by atoms with Gasteiger partial charge in [0.25, 0.3) is 0 Å². The van der Waals surface area contributed by atoms with E-state index in [2.05, 4.69) is 25.5 Å². The number of hydrogen-bond acceptors (Lipinski definition) is 7. The number of hydrogen-bond donors (Lipinski definition) is 2. The van der Waals surface area contributed by atoms with Gasteiger partial charge >= 0.3 is 6.03 Å². The first-order chi connectivity index (χ1) is 14.0. The molecule has 2 heterocycles. The van der Waals surface area contributed by atoms with Crippen LogP contribution in [0.3, 0.4) is 0 Å². The first-order valence-electron chi connectivity index (χ1n) is 9.61. The van der Waals surface area contributed by atoms with Gasteiger partial charge in [-0.05, 0) is 31.4 Å². The number of piperidine rings is 1. The minimum atomic E-state index is -0.422. The van der Waals surface area contributed by atoms with Crippen molar-refractivity contribution in [1.29, 1.82) is 0 Å². The molecule has 29 heavy (non-hydrogen) atoms. The molecule has 0 bridgehead atoms. The molecule has 3 rings (SSSR count). The highest BCUT2D eigenvalue weighted by Gasteiger charge is 2.18. The number of anilines is 4. The van der Waals surface area contributed by atoms with Crippen molar-refractivity contribution in [3.8, 4) is 11.5 Å². The molecule has 2 amide bonds. The molecule has 0 radical (unpaired) electrons. The molecule has 0 atom stereocenters. The van der Waals surface area contributed by atoms with Crippen molar-refractivity contribution < 1.29 is 14.3 Å². The van der Waals surface area contributed by atoms with Crippen molar-refractivity contribution >= 4 is 29.2 Å². The largest absolute Gasteiger partial charge is 0.493 e. The van der Waals surface area contributed by atoms with E-state index in [4.69, 9.17) is 9.47 Å². The van der Waals surface area contributed by atoms with Gasteiger partial charge in [-0.2, -0.15) is 4.98 Å². The van der Waals surface area contributed by atoms with Crippen LogP contribution in [0.1, 0.15) is 19.3 Å². The van der Waals surface area contributed by atoms with Crippen molar-refractivity contribution in [3.63, 3.8) is 0 Å². The Morgan fingerprint density at radius 3 is 2.45 bits per heavy atom. The summed E-state index contributed by atoms with van der Waals surface area (Å²) in [5.41, 5.74) is 1.02. The highest BCUT2D eigenvalue weighted by Crippen LogP contribution is 2.35. The van der Waals surface area contributed by atoms with E-state index in [1.165, 1.54) is 13.5 Å². The monoisotopic (exact) mass is 400 g/mol. The molecule has 156 valence electrons. The molecule has 1 aliphatic heterocycles. The van der Waals surface area contributed by atoms with Gasteiger partial charge in [0, 0.05) is 27.2 Å². The van der Waals surface area contributed by atoms with Crippen molar-refractivity contribution in [2.75, 3.05) is 61.8 Å². The van der Waals surface area contributed by atoms with Crippen molar-refractivity contribution in [2.45, 2.75) is 19.3 Å². The fourth-order valence-corrected chi connectivity index (χ4v) is 3.30. The van der Waals surface area contributed by atoms with Crippen molar-refractivity contribution in [1.82, 2.24) is 9.97 Å². The van der Waals surface area contributed by atoms with Gasteiger partial charge in [-0.3, -0.25) is 0 Å². The first-order valence-corrected chi connectivity index (χ1v) is 9.61. The molecule has 0 unspecified atom stereocenters. The number of nitrogens with zero attached hydrogens (tertiary/aromatic N) is 4. The Kier molecular flexibility index (Phi) is 6.58. The number of nitrogens with one attached hydrogen (secondary N) is 2. The van der Waals surface area contributed by atoms with E-state index in [1.54, 1.807) is 31.5 Å². The quantitative estimate of drug-likeness (QED) is 0.769. The van der Waals surface area contributed by atoms with Gasteiger partial charge in [0.05, 0.1) is 26.1 Å². The van der Waals surface area contributed by atoms with E-state index in [0.717, 1.165) is 25.9 Å². The van der Waals surface area contributed by atoms with E-state index in [1.807, 2.05) is 19.0 Å². The summed E-state index contributed by atoms with van der Waals surface area (Å²) in [6.45, 7) is 1.91. The molecule has 0 aliphatic carbocycles. The number of benzene rings is 1. The Balaban J connectivity index is 1.78. The average molecular weight is 400 g/mol. The maximum absolute atomic E-state index is 12.6. The molecule has 9 nitrogen and oxygen atoms in total. The number of carbonyl (C=O) groups is 1. The molecule has 1 aromatic carbocycles. The Labute approximate surface area is 171 Å². The fraction of sp³-hybridized carbons (Fsp3) is 0.450. The summed E-state index contributed by atoms with van der Waals surface area (Å²) >= 11 is 0. The van der Waals surface area contributed by atoms with Gasteiger partial charge < -0.3 is 29.9 Å². The lowest BCUT2D eigenvalue weighted by Gasteiger charge is -2.28. The van der Waals surface area contributed by atoms with Crippen LogP contribution >= 0.6 is 0 Å². The van der Waals surface area contributed by atoms with Gasteiger partial charge in [0.2, 0.25) is 5.95 Å². The molecular formula is C20H28N6O3. The molecule has 1 aromatic heterocycles.